The van der Waals surface area contributed by atoms with E-state index in [1.54, 1.807) is 0 Å². The quantitative estimate of drug-likeness (QED) is 0.192. The van der Waals surface area contributed by atoms with Crippen LogP contribution in [0.5, 0.6) is 5.75 Å². The standard InChI is InChI=1S/C32H52O5Si2/c1-29(2,3)38-36-31(7,8)26-19-18-24(21-27(26)32(9,10)37-39-30(4,5)6)22-35-25-16-13-15-23(20-25)14-11-12-17-28(33)34/h13,15-16,18-21H,11-12,14,17,22,38-39H2,1-10H3,(H,33,34). The molecule has 0 aliphatic heterocycles. The van der Waals surface area contributed by atoms with Crippen molar-refractivity contribution in [2.75, 3.05) is 0 Å². The average molecular weight is 573 g/mol. The highest BCUT2D eigenvalue weighted by Gasteiger charge is 2.34. The molecule has 0 spiro atoms. The van der Waals surface area contributed by atoms with Gasteiger partial charge in [-0.1, -0.05) is 65.8 Å². The third kappa shape index (κ3) is 12.0. The van der Waals surface area contributed by atoms with E-state index in [9.17, 15) is 4.79 Å². The highest BCUT2D eigenvalue weighted by molar-refractivity contribution is 6.32. The second-order valence-corrected chi connectivity index (χ2v) is 19.5. The van der Waals surface area contributed by atoms with Crippen LogP contribution in [-0.4, -0.2) is 30.6 Å². The Kier molecular flexibility index (Phi) is 11.6. The molecule has 1 N–H and O–H groups in total. The number of aliphatic carboxylic acids is 1. The molecule has 218 valence electrons. The first-order valence-corrected chi connectivity index (χ1v) is 16.8. The third-order valence-corrected chi connectivity index (χ3v) is 9.99. The van der Waals surface area contributed by atoms with Crippen LogP contribution in [0.15, 0.2) is 42.5 Å². The Hall–Kier alpha value is -1.94. The van der Waals surface area contributed by atoms with Crippen molar-refractivity contribution in [2.45, 2.75) is 123 Å². The zero-order chi connectivity index (χ0) is 29.5. The molecule has 39 heavy (non-hydrogen) atoms. The first kappa shape index (κ1) is 33.3. The van der Waals surface area contributed by atoms with Crippen LogP contribution in [0.25, 0.3) is 0 Å². The molecule has 2 aromatic rings. The number of rotatable bonds is 14. The van der Waals surface area contributed by atoms with Gasteiger partial charge in [-0.25, -0.2) is 0 Å². The molecule has 2 rings (SSSR count). The van der Waals surface area contributed by atoms with Crippen LogP contribution in [0.3, 0.4) is 0 Å². The monoisotopic (exact) mass is 572 g/mol. The predicted molar refractivity (Wildman–Crippen MR) is 167 cm³/mol. The van der Waals surface area contributed by atoms with Crippen molar-refractivity contribution in [2.24, 2.45) is 0 Å². The molecule has 2 aromatic carbocycles. The Balaban J connectivity index is 2.27. The van der Waals surface area contributed by atoms with Gasteiger partial charge in [0, 0.05) is 6.42 Å². The van der Waals surface area contributed by atoms with Crippen molar-refractivity contribution in [1.29, 1.82) is 0 Å². The van der Waals surface area contributed by atoms with Gasteiger partial charge in [-0.3, -0.25) is 4.79 Å². The largest absolute Gasteiger partial charge is 0.489 e. The lowest BCUT2D eigenvalue weighted by molar-refractivity contribution is -0.137. The van der Waals surface area contributed by atoms with Crippen LogP contribution in [0.2, 0.25) is 10.1 Å². The fourth-order valence-electron chi connectivity index (χ4n) is 4.22. The van der Waals surface area contributed by atoms with Gasteiger partial charge >= 0.3 is 5.97 Å². The van der Waals surface area contributed by atoms with Crippen LogP contribution in [0.4, 0.5) is 0 Å². The van der Waals surface area contributed by atoms with Gasteiger partial charge in [-0.15, -0.1) is 0 Å². The number of carboxylic acid groups (broad SMARTS) is 1. The van der Waals surface area contributed by atoms with Crippen LogP contribution in [0, 0.1) is 0 Å². The molecular formula is C32H52O5Si2. The molecule has 0 aliphatic carbocycles. The maximum atomic E-state index is 10.8. The van der Waals surface area contributed by atoms with E-state index in [1.165, 1.54) is 11.1 Å². The van der Waals surface area contributed by atoms with E-state index in [4.69, 9.17) is 18.7 Å². The third-order valence-electron chi connectivity index (χ3n) is 6.52. The average Bonchev–Trinajstić information content (AvgIpc) is 2.82. The molecule has 0 aliphatic rings. The predicted octanol–water partition coefficient (Wildman–Crippen LogP) is 7.17. The number of carbonyl (C=O) groups is 1. The highest BCUT2D eigenvalue weighted by atomic mass is 28.2. The van der Waals surface area contributed by atoms with E-state index in [-0.39, 0.29) is 16.5 Å². The summed E-state index contributed by atoms with van der Waals surface area (Å²) in [6.45, 7) is 22.7. The second-order valence-electron chi connectivity index (χ2n) is 14.1. The van der Waals surface area contributed by atoms with Gasteiger partial charge < -0.3 is 18.7 Å². The summed E-state index contributed by atoms with van der Waals surface area (Å²) < 4.78 is 19.5. The number of aryl methyl sites for hydroxylation is 1. The molecule has 0 amide bonds. The van der Waals surface area contributed by atoms with Crippen LogP contribution in [0.1, 0.15) is 111 Å². The summed E-state index contributed by atoms with van der Waals surface area (Å²) in [6.07, 6.45) is 2.60. The van der Waals surface area contributed by atoms with Gasteiger partial charge in [0.15, 0.2) is 19.5 Å². The topological polar surface area (TPSA) is 65.0 Å². The first-order chi connectivity index (χ1) is 17.9. The van der Waals surface area contributed by atoms with Crippen LogP contribution >= 0.6 is 0 Å². The molecule has 5 nitrogen and oxygen atoms in total. The molecule has 0 fully saturated rings. The van der Waals surface area contributed by atoms with Gasteiger partial charge in [0.1, 0.15) is 12.4 Å². The van der Waals surface area contributed by atoms with Crippen molar-refractivity contribution in [1.82, 2.24) is 0 Å². The highest BCUT2D eigenvalue weighted by Crippen LogP contribution is 2.39. The maximum Gasteiger partial charge on any atom is 0.303 e. The number of hydrogen-bond donors (Lipinski definition) is 1. The van der Waals surface area contributed by atoms with Crippen molar-refractivity contribution in [3.05, 3.63) is 64.7 Å². The van der Waals surface area contributed by atoms with E-state index in [0.717, 1.165) is 29.7 Å². The molecule has 0 aromatic heterocycles. The Morgan fingerprint density at radius 3 is 1.90 bits per heavy atom. The summed E-state index contributed by atoms with van der Waals surface area (Å²) in [4.78, 5) is 10.8. The Morgan fingerprint density at radius 2 is 1.33 bits per heavy atom. The molecule has 0 radical (unpaired) electrons. The number of unbranched alkanes of at least 4 members (excludes halogenated alkanes) is 1. The van der Waals surface area contributed by atoms with Crippen LogP contribution in [-0.2, 0) is 37.9 Å². The molecular weight excluding hydrogens is 521 g/mol. The molecule has 0 saturated carbocycles. The van der Waals surface area contributed by atoms with E-state index >= 15 is 0 Å². The Labute approximate surface area is 241 Å². The Morgan fingerprint density at radius 1 is 0.744 bits per heavy atom. The smallest absolute Gasteiger partial charge is 0.303 e. The zero-order valence-corrected chi connectivity index (χ0v) is 28.9. The summed E-state index contributed by atoms with van der Waals surface area (Å²) in [5, 5.41) is 9.26. The van der Waals surface area contributed by atoms with E-state index < -0.39 is 36.7 Å². The molecule has 0 saturated heterocycles. The van der Waals surface area contributed by atoms with Crippen LogP contribution < -0.4 is 4.74 Å². The van der Waals surface area contributed by atoms with Crippen molar-refractivity contribution < 1.29 is 23.5 Å². The number of benzene rings is 2. The number of ether oxygens (including phenoxy) is 1. The van der Waals surface area contributed by atoms with Crippen molar-refractivity contribution in [3.8, 4) is 5.75 Å². The van der Waals surface area contributed by atoms with Gasteiger partial charge in [0.2, 0.25) is 0 Å². The normalized spacial score (nSPS) is 13.6. The fourth-order valence-corrected chi connectivity index (χ4v) is 6.12. The van der Waals surface area contributed by atoms with E-state index in [1.807, 2.05) is 12.1 Å². The summed E-state index contributed by atoms with van der Waals surface area (Å²) in [7, 11) is -1.52. The molecule has 0 atom stereocenters. The SMILES string of the molecule is CC(C)(C)[SiH2]OC(C)(C)c1ccc(COc2cccc(CCCCC(=O)O)c2)cc1C(C)(C)O[SiH2]C(C)(C)C. The van der Waals surface area contributed by atoms with E-state index in [0.29, 0.717) is 13.0 Å². The van der Waals surface area contributed by atoms with Crippen molar-refractivity contribution >= 4 is 25.5 Å². The number of carboxylic acids is 1. The minimum atomic E-state index is -0.772. The number of hydrogen-bond acceptors (Lipinski definition) is 4. The lowest BCUT2D eigenvalue weighted by atomic mass is 9.84. The Bertz CT molecular complexity index is 1080. The summed E-state index contributed by atoms with van der Waals surface area (Å²) in [6, 6.07) is 14.7. The first-order valence-electron chi connectivity index (χ1n) is 14.2. The zero-order valence-electron chi connectivity index (χ0n) is 26.1. The lowest BCUT2D eigenvalue weighted by Crippen LogP contribution is -2.34. The van der Waals surface area contributed by atoms with Crippen molar-refractivity contribution in [3.63, 3.8) is 0 Å². The maximum absolute atomic E-state index is 10.8. The molecule has 0 heterocycles. The lowest BCUT2D eigenvalue weighted by Gasteiger charge is -2.38. The summed E-state index contributed by atoms with van der Waals surface area (Å²) in [5.74, 6) is 0.0879. The van der Waals surface area contributed by atoms with Gasteiger partial charge in [-0.2, -0.15) is 0 Å². The van der Waals surface area contributed by atoms with E-state index in [2.05, 4.69) is 99.6 Å². The minimum Gasteiger partial charge on any atom is -0.489 e. The molecule has 0 unspecified atom stereocenters. The minimum absolute atomic E-state index is 0.196. The van der Waals surface area contributed by atoms with Gasteiger partial charge in [0.05, 0.1) is 11.2 Å². The van der Waals surface area contributed by atoms with Gasteiger partial charge in [-0.05, 0) is 97.5 Å². The summed E-state index contributed by atoms with van der Waals surface area (Å²) in [5.41, 5.74) is 3.76. The van der Waals surface area contributed by atoms with Gasteiger partial charge in [0.25, 0.3) is 0 Å². The molecule has 7 heteroatoms. The summed E-state index contributed by atoms with van der Waals surface area (Å²) >= 11 is 0. The molecule has 0 bridgehead atoms. The second kappa shape index (κ2) is 13.6. The fraction of sp³-hybridized carbons (Fsp3) is 0.594.